The maximum Gasteiger partial charge on any atom is 1.00 e. The van der Waals surface area contributed by atoms with Crippen molar-refractivity contribution in [2.24, 2.45) is 0 Å². The molecule has 3 N–H and O–H groups in total. The Morgan fingerprint density at radius 3 is 1.19 bits per heavy atom. The van der Waals surface area contributed by atoms with E-state index in [0.717, 1.165) is 0 Å². The number of hydrogen-bond donors (Lipinski definition) is 3. The number of rotatable bonds is 10. The summed E-state index contributed by atoms with van der Waals surface area (Å²) in [5.74, 6) is 0. The summed E-state index contributed by atoms with van der Waals surface area (Å²) < 4.78 is 128. The second kappa shape index (κ2) is 32.5. The van der Waals surface area contributed by atoms with Crippen LogP contribution in [-0.4, -0.2) is 205 Å². The molecule has 4 fully saturated rings. The van der Waals surface area contributed by atoms with E-state index in [0.29, 0.717) is 6.23 Å². The largest absolute Gasteiger partial charge is 1.00 e. The van der Waals surface area contributed by atoms with Gasteiger partial charge in [-0.1, -0.05) is 0 Å². The molecule has 4 heterocycles. The van der Waals surface area contributed by atoms with E-state index in [1.165, 1.54) is 19.6 Å². The van der Waals surface area contributed by atoms with Crippen LogP contribution >= 0.6 is 0 Å². The van der Waals surface area contributed by atoms with Crippen molar-refractivity contribution in [1.29, 1.82) is 0 Å². The molecule has 0 aromatic rings. The van der Waals surface area contributed by atoms with Gasteiger partial charge < -0.3 is 107 Å². The summed E-state index contributed by atoms with van der Waals surface area (Å²) in [6.45, 7) is 43.6. The minimum absolute atomic E-state index is 0. The quantitative estimate of drug-likeness (QED) is 0.173. The molecule has 4 rings (SSSR count). The van der Waals surface area contributed by atoms with Gasteiger partial charge in [-0.05, 0) is 85.1 Å². The summed E-state index contributed by atoms with van der Waals surface area (Å²) >= 11 is 0. The summed E-state index contributed by atoms with van der Waals surface area (Å²) in [5, 5.41) is 0. The van der Waals surface area contributed by atoms with Crippen LogP contribution in [0.2, 0.25) is 151 Å². The molecule has 0 saturated carbocycles. The standard InChI is InChI=1S/C17H52O11Si10.C8H28O11Si7.2C2H6O.3Na.3H/c1-29-17-18-34(12,22-32(6,7)8)24-38(16)26-35(13,19-29)25-36(14,21-30(2)20-31(3,4)5)27-37(15,28-38)23-33(9,10)11;1-20-8-12-22(3,10)15-26(7)17-23(4,11)16-25(6,14-21(2)9)18-24(5,13-20)19-26;2*1-3-2;;;;;;/h29-30H,17H2,1-16H3;9-11,20-21H,8H2,1-7H3;2*1-2H3;;;;;;/q;;;;3*+1;3*-1. The molecule has 0 amide bonds. The summed E-state index contributed by atoms with van der Waals surface area (Å²) in [5.41, 5.74) is 0. The zero-order chi connectivity index (χ0) is 55.1. The molecule has 0 aromatic carbocycles. The molecule has 0 aliphatic carbocycles. The van der Waals surface area contributed by atoms with E-state index in [4.69, 9.17) is 78.8 Å². The van der Waals surface area contributed by atoms with Gasteiger partial charge in [-0.25, -0.2) is 0 Å². The number of hydrogen-bond acceptors (Lipinski definition) is 24. The molecule has 426 valence electrons. The molecule has 73 heavy (non-hydrogen) atoms. The molecule has 4 saturated heterocycles. The van der Waals surface area contributed by atoms with E-state index >= 15 is 0 Å². The Hall–Kier alpha value is 5.73. The monoisotopic (exact) mass is 1370 g/mol. The van der Waals surface area contributed by atoms with Crippen LogP contribution in [0.1, 0.15) is 4.28 Å². The first-order valence-corrected chi connectivity index (χ1v) is 64.7. The average Bonchev–Trinajstić information content (AvgIpc) is 3.05. The molecule has 4 bridgehead atoms. The van der Waals surface area contributed by atoms with Crippen molar-refractivity contribution in [2.45, 2.75) is 151 Å². The maximum atomic E-state index is 10.7. The van der Waals surface area contributed by atoms with Crippen LogP contribution in [0.25, 0.3) is 0 Å². The predicted molar refractivity (Wildman–Crippen MR) is 304 cm³/mol. The molecule has 4 aliphatic rings. The molecule has 44 heteroatoms. The second-order valence-corrected chi connectivity index (χ2v) is 72.5. The Balaban J connectivity index is -0.000000284. The van der Waals surface area contributed by atoms with Crippen LogP contribution in [0, 0.1) is 0 Å². The van der Waals surface area contributed by atoms with Crippen LogP contribution in [0.15, 0.2) is 0 Å². The van der Waals surface area contributed by atoms with Gasteiger partial charge in [0.15, 0.2) is 43.0 Å². The van der Waals surface area contributed by atoms with Gasteiger partial charge in [0, 0.05) is 93.9 Å². The zero-order valence-corrected chi connectivity index (χ0v) is 73.8. The Kier molecular flexibility index (Phi) is 36.9. The van der Waals surface area contributed by atoms with Crippen molar-refractivity contribution in [3.63, 3.8) is 0 Å². The number of ether oxygens (including phenoxy) is 2. The second-order valence-electron chi connectivity index (χ2n) is 21.1. The van der Waals surface area contributed by atoms with Crippen molar-refractivity contribution < 1.29 is 196 Å². The van der Waals surface area contributed by atoms with Crippen LogP contribution in [0.4, 0.5) is 0 Å². The summed E-state index contributed by atoms with van der Waals surface area (Å²) in [4.78, 5) is 31.0. The van der Waals surface area contributed by atoms with E-state index in [9.17, 15) is 14.4 Å². The van der Waals surface area contributed by atoms with Gasteiger partial charge >= 0.3 is 195 Å². The smallest absolute Gasteiger partial charge is 1.00 e. The summed E-state index contributed by atoms with van der Waals surface area (Å²) in [6.07, 6.45) is 0.620. The fourth-order valence-corrected chi connectivity index (χ4v) is 77.6. The van der Waals surface area contributed by atoms with Gasteiger partial charge in [0.25, 0.3) is 0 Å². The first-order chi connectivity index (χ1) is 31.0. The van der Waals surface area contributed by atoms with Gasteiger partial charge in [-0.3, -0.25) is 0 Å². The van der Waals surface area contributed by atoms with E-state index in [2.05, 4.69) is 74.9 Å². The Morgan fingerprint density at radius 1 is 0.452 bits per heavy atom. The van der Waals surface area contributed by atoms with E-state index in [1.807, 2.05) is 45.8 Å². The van der Waals surface area contributed by atoms with Crippen LogP contribution in [0.5, 0.6) is 0 Å². The predicted octanol–water partition coefficient (Wildman–Crippen LogP) is -5.13. The van der Waals surface area contributed by atoms with Gasteiger partial charge in [0.1, 0.15) is 0 Å². The van der Waals surface area contributed by atoms with Crippen molar-refractivity contribution in [3.8, 4) is 0 Å². The summed E-state index contributed by atoms with van der Waals surface area (Å²) in [6, 6.07) is 0. The number of fused-ring (bicyclic) bond motifs is 4. The average molecular weight is 1370 g/mol. The Morgan fingerprint density at radius 2 is 0.795 bits per heavy atom. The zero-order valence-electron chi connectivity index (χ0n) is 53.1. The van der Waals surface area contributed by atoms with Crippen molar-refractivity contribution in [3.05, 3.63) is 0 Å². The summed E-state index contributed by atoms with van der Waals surface area (Å²) in [7, 11) is -42.9. The fraction of sp³-hybridized carbons (Fsp3) is 1.00. The Labute approximate surface area is 530 Å². The van der Waals surface area contributed by atoms with Crippen molar-refractivity contribution in [2.75, 3.05) is 40.9 Å². The minimum Gasteiger partial charge on any atom is -1.00 e. The molecular weight excluding hydrogens is 1280 g/mol. The van der Waals surface area contributed by atoms with E-state index < -0.39 is 150 Å². The Bertz CT molecular complexity index is 1650. The molecule has 24 nitrogen and oxygen atoms in total. The topological polar surface area (TPSA) is 255 Å². The molecule has 0 radical (unpaired) electrons. The van der Waals surface area contributed by atoms with E-state index in [1.54, 1.807) is 48.1 Å². The normalized spacial score (nSPS) is 40.4. The molecule has 14 unspecified atom stereocenters. The third-order valence-electron chi connectivity index (χ3n) is 7.98. The molecule has 4 aliphatic heterocycles. The third-order valence-corrected chi connectivity index (χ3v) is 65.9. The van der Waals surface area contributed by atoms with Crippen LogP contribution in [0.3, 0.4) is 0 Å². The fourth-order valence-electron chi connectivity index (χ4n) is 7.57. The van der Waals surface area contributed by atoms with Gasteiger partial charge in [0.2, 0.25) is 0 Å². The maximum absolute atomic E-state index is 10.7. The SMILES string of the molecule is COC.COC.C[SiH](O)O[Si]1(C)O[Si](C)(O)O[Si]2(C)O[Si](C)(O)OC[SiH](C)O[Si](C)(O1)O2.C[SiH]1CO[Si](C)(O[Si](C)(C)C)O[Si]2(C)O[Si](C)(O1)O[Si](C)(O[SiH](C)O[Si](C)(C)C)O[Si](C)(O[Si](C)(C)C)O2.[H-].[H-].[H-].[Na+].[Na+].[Na+]. The molecule has 0 aromatic heterocycles. The van der Waals surface area contributed by atoms with Crippen molar-refractivity contribution in [1.82, 2.24) is 0 Å². The van der Waals surface area contributed by atoms with Crippen molar-refractivity contribution >= 4 is 150 Å². The van der Waals surface area contributed by atoms with Gasteiger partial charge in [-0.2, -0.15) is 0 Å². The van der Waals surface area contributed by atoms with E-state index in [-0.39, 0.29) is 99.2 Å². The third kappa shape index (κ3) is 33.9. The van der Waals surface area contributed by atoms with Gasteiger partial charge in [0.05, 0.1) is 12.5 Å². The number of methoxy groups -OCH3 is 2. The molecular formula is C29H95Na3O24Si17. The first kappa shape index (κ1) is 82.9. The van der Waals surface area contributed by atoms with Gasteiger partial charge in [-0.15, -0.1) is 0 Å². The molecule has 0 spiro atoms. The minimum atomic E-state index is -3.83. The van der Waals surface area contributed by atoms with Crippen LogP contribution in [-0.2, 0) is 88.3 Å². The first-order valence-electron chi connectivity index (χ1n) is 23.0. The van der Waals surface area contributed by atoms with Crippen LogP contribution < -0.4 is 88.7 Å². The molecule has 14 atom stereocenters.